The van der Waals surface area contributed by atoms with Gasteiger partial charge in [-0.15, -0.1) is 0 Å². The Labute approximate surface area is 75.9 Å². The molecule has 0 aromatic rings. The van der Waals surface area contributed by atoms with Gasteiger partial charge in [-0.3, -0.25) is 0 Å². The molecule has 2 heteroatoms. The van der Waals surface area contributed by atoms with Gasteiger partial charge in [0.05, 0.1) is 0 Å². The molecular formula is C10H21NO. The maximum Gasteiger partial charge on any atom is 0.123 e. The smallest absolute Gasteiger partial charge is 0.123 e. The molecule has 72 valence electrons. The largest absolute Gasteiger partial charge is 0.312 e. The second kappa shape index (κ2) is 7.29. The fourth-order valence-electron chi connectivity index (χ4n) is 1.27. The van der Waals surface area contributed by atoms with E-state index in [-0.39, 0.29) is 0 Å². The van der Waals surface area contributed by atoms with Crippen LogP contribution in [0.5, 0.6) is 0 Å². The van der Waals surface area contributed by atoms with Crippen LogP contribution in [0.15, 0.2) is 0 Å². The molecule has 0 unspecified atom stereocenters. The predicted octanol–water partition coefficient (Wildman–Crippen LogP) is 1.94. The zero-order valence-corrected chi connectivity index (χ0v) is 8.55. The van der Waals surface area contributed by atoms with Crippen LogP contribution in [0.4, 0.5) is 0 Å². The molecule has 0 radical (unpaired) electrons. The molecule has 0 heterocycles. The third-order valence-electron chi connectivity index (χ3n) is 1.84. The van der Waals surface area contributed by atoms with Gasteiger partial charge in [0.25, 0.3) is 0 Å². The van der Waals surface area contributed by atoms with Crippen molar-refractivity contribution in [2.75, 3.05) is 21.1 Å². The van der Waals surface area contributed by atoms with Crippen molar-refractivity contribution in [3.63, 3.8) is 0 Å². The van der Waals surface area contributed by atoms with Crippen molar-refractivity contribution in [1.82, 2.24) is 4.90 Å². The molecule has 12 heavy (non-hydrogen) atoms. The van der Waals surface area contributed by atoms with Crippen molar-refractivity contribution in [2.45, 2.75) is 32.1 Å². The lowest BCUT2D eigenvalue weighted by molar-refractivity contribution is -0.111. The Bertz CT molecular complexity index is 104. The lowest BCUT2D eigenvalue weighted by Crippen LogP contribution is -2.06. The van der Waals surface area contributed by atoms with Crippen LogP contribution in [0.25, 0.3) is 0 Å². The summed E-state index contributed by atoms with van der Waals surface area (Å²) in [6.45, 7) is 0. The van der Waals surface area contributed by atoms with Gasteiger partial charge in [0.2, 0.25) is 0 Å². The maximum absolute atomic E-state index is 10.2. The molecule has 0 amide bonds. The van der Waals surface area contributed by atoms with Gasteiger partial charge in [-0.25, -0.2) is 0 Å². The van der Waals surface area contributed by atoms with E-state index in [0.717, 1.165) is 19.1 Å². The molecule has 0 aromatic carbocycles. The molecule has 0 aromatic heterocycles. The first kappa shape index (κ1) is 11.6. The highest BCUT2D eigenvalue weighted by molar-refractivity contribution is 5.53. The zero-order valence-electron chi connectivity index (χ0n) is 8.55. The van der Waals surface area contributed by atoms with E-state index in [4.69, 9.17) is 0 Å². The molecule has 0 bridgehead atoms. The lowest BCUT2D eigenvalue weighted by Gasteiger charge is -2.14. The van der Waals surface area contributed by atoms with E-state index in [1.54, 1.807) is 0 Å². The molecule has 0 spiro atoms. The molecular weight excluding hydrogens is 150 g/mol. The molecule has 0 N–H and O–H groups in total. The minimum Gasteiger partial charge on any atom is -0.312 e. The van der Waals surface area contributed by atoms with E-state index in [2.05, 4.69) is 0 Å². The Kier molecular flexibility index (Phi) is 7.06. The Morgan fingerprint density at radius 2 is 1.50 bits per heavy atom. The maximum atomic E-state index is 10.2. The summed E-state index contributed by atoms with van der Waals surface area (Å²) in [7, 11) is 6.00. The van der Waals surface area contributed by atoms with Crippen LogP contribution in [-0.4, -0.2) is 32.3 Å². The zero-order chi connectivity index (χ0) is 9.40. The average molecular weight is 171 g/mol. The van der Waals surface area contributed by atoms with Crippen molar-refractivity contribution in [3.05, 3.63) is 0 Å². The first-order chi connectivity index (χ1) is 5.66. The SMILES string of the molecule is CN(C)C.O=CC1CCCCC1. The first-order valence-corrected chi connectivity index (χ1v) is 4.73. The van der Waals surface area contributed by atoms with E-state index in [9.17, 15) is 4.79 Å². The van der Waals surface area contributed by atoms with E-state index < -0.39 is 0 Å². The third-order valence-corrected chi connectivity index (χ3v) is 1.84. The molecule has 1 aliphatic carbocycles. The minimum atomic E-state index is 0.406. The number of aldehydes is 1. The van der Waals surface area contributed by atoms with Crippen LogP contribution in [0.1, 0.15) is 32.1 Å². The van der Waals surface area contributed by atoms with Gasteiger partial charge >= 0.3 is 0 Å². The minimum absolute atomic E-state index is 0.406. The highest BCUT2D eigenvalue weighted by Gasteiger charge is 2.10. The van der Waals surface area contributed by atoms with E-state index in [0.29, 0.717) is 5.92 Å². The lowest BCUT2D eigenvalue weighted by atomic mass is 9.91. The molecule has 0 atom stereocenters. The van der Waals surface area contributed by atoms with Crippen molar-refractivity contribution in [2.24, 2.45) is 5.92 Å². The van der Waals surface area contributed by atoms with Gasteiger partial charge in [-0.05, 0) is 34.0 Å². The summed E-state index contributed by atoms with van der Waals surface area (Å²) in [6.07, 6.45) is 7.27. The quantitative estimate of drug-likeness (QED) is 0.562. The van der Waals surface area contributed by atoms with E-state index >= 15 is 0 Å². The van der Waals surface area contributed by atoms with Crippen LogP contribution in [0, 0.1) is 5.92 Å². The van der Waals surface area contributed by atoms with E-state index in [1.807, 2.05) is 26.0 Å². The standard InChI is InChI=1S/C7H12O.C3H9N/c8-6-7-4-2-1-3-5-7;1-4(2)3/h6-7H,1-5H2;1-3H3. The Hall–Kier alpha value is -0.370. The summed E-state index contributed by atoms with van der Waals surface area (Å²) in [5.41, 5.74) is 0. The number of hydrogen-bond donors (Lipinski definition) is 0. The topological polar surface area (TPSA) is 20.3 Å². The summed E-state index contributed by atoms with van der Waals surface area (Å²) < 4.78 is 0. The number of hydrogen-bond acceptors (Lipinski definition) is 2. The van der Waals surface area contributed by atoms with Gasteiger partial charge in [-0.1, -0.05) is 19.3 Å². The van der Waals surface area contributed by atoms with Crippen LogP contribution in [-0.2, 0) is 4.79 Å². The molecule has 0 saturated heterocycles. The summed E-state index contributed by atoms with van der Waals surface area (Å²) in [6, 6.07) is 0. The van der Waals surface area contributed by atoms with Crippen molar-refractivity contribution in [3.8, 4) is 0 Å². The number of carbonyl (C=O) groups is 1. The van der Waals surface area contributed by atoms with Crippen molar-refractivity contribution < 1.29 is 4.79 Å². The summed E-state index contributed by atoms with van der Waals surface area (Å²) in [4.78, 5) is 12.2. The van der Waals surface area contributed by atoms with Crippen molar-refractivity contribution in [1.29, 1.82) is 0 Å². The molecule has 1 saturated carbocycles. The van der Waals surface area contributed by atoms with Gasteiger partial charge < -0.3 is 9.69 Å². The fourth-order valence-corrected chi connectivity index (χ4v) is 1.27. The Balaban J connectivity index is 0.000000261. The summed E-state index contributed by atoms with van der Waals surface area (Å²) >= 11 is 0. The normalized spacial score (nSPS) is 18.3. The molecule has 1 rings (SSSR count). The van der Waals surface area contributed by atoms with Gasteiger partial charge in [0.1, 0.15) is 6.29 Å². The average Bonchev–Trinajstić information content (AvgIpc) is 2.05. The van der Waals surface area contributed by atoms with Gasteiger partial charge in [-0.2, -0.15) is 0 Å². The Morgan fingerprint density at radius 1 is 1.08 bits per heavy atom. The predicted molar refractivity (Wildman–Crippen MR) is 52.3 cm³/mol. The van der Waals surface area contributed by atoms with E-state index in [1.165, 1.54) is 19.3 Å². The molecule has 1 aliphatic rings. The van der Waals surface area contributed by atoms with Crippen LogP contribution in [0.2, 0.25) is 0 Å². The van der Waals surface area contributed by atoms with Crippen LogP contribution >= 0.6 is 0 Å². The third kappa shape index (κ3) is 7.73. The number of carbonyl (C=O) groups excluding carboxylic acids is 1. The molecule has 1 fully saturated rings. The molecule has 2 nitrogen and oxygen atoms in total. The number of rotatable bonds is 1. The fraction of sp³-hybridized carbons (Fsp3) is 0.900. The first-order valence-electron chi connectivity index (χ1n) is 4.73. The highest BCUT2D eigenvalue weighted by atomic mass is 16.1. The monoisotopic (exact) mass is 171 g/mol. The summed E-state index contributed by atoms with van der Waals surface area (Å²) in [5.74, 6) is 0.406. The molecule has 0 aliphatic heterocycles. The van der Waals surface area contributed by atoms with Gasteiger partial charge in [0, 0.05) is 5.92 Å². The number of nitrogens with zero attached hydrogens (tertiary/aromatic N) is 1. The van der Waals surface area contributed by atoms with Gasteiger partial charge in [0.15, 0.2) is 0 Å². The van der Waals surface area contributed by atoms with Crippen molar-refractivity contribution >= 4 is 6.29 Å². The van der Waals surface area contributed by atoms with Crippen LogP contribution < -0.4 is 0 Å². The second-order valence-corrected chi connectivity index (χ2v) is 3.88. The summed E-state index contributed by atoms with van der Waals surface area (Å²) in [5, 5.41) is 0. The Morgan fingerprint density at radius 3 is 1.75 bits per heavy atom. The second-order valence-electron chi connectivity index (χ2n) is 3.88. The highest BCUT2D eigenvalue weighted by Crippen LogP contribution is 2.21. The van der Waals surface area contributed by atoms with Crippen LogP contribution in [0.3, 0.4) is 0 Å².